The van der Waals surface area contributed by atoms with Gasteiger partial charge in [-0.3, -0.25) is 0 Å². The molecule has 2 fully saturated rings. The molecule has 2 saturated carbocycles. The third kappa shape index (κ3) is 7.88. The summed E-state index contributed by atoms with van der Waals surface area (Å²) >= 11 is 5.15. The van der Waals surface area contributed by atoms with Gasteiger partial charge in [-0.25, -0.2) is 0 Å². The largest absolute Gasteiger partial charge is 1.00 e. The quantitative estimate of drug-likeness (QED) is 0.487. The number of hydrogen-bond donors (Lipinski definition) is 0. The zero-order valence-corrected chi connectivity index (χ0v) is 13.3. The molecule has 0 spiro atoms. The first-order chi connectivity index (χ1) is 7.63. The summed E-state index contributed by atoms with van der Waals surface area (Å²) < 4.78 is 0. The van der Waals surface area contributed by atoms with Gasteiger partial charge in [0.05, 0.1) is 0 Å². The first kappa shape index (κ1) is 21.7. The predicted molar refractivity (Wildman–Crippen MR) is 71.4 cm³/mol. The van der Waals surface area contributed by atoms with Crippen LogP contribution in [0.1, 0.15) is 6.92 Å². The zero-order valence-electron chi connectivity index (χ0n) is 11.4. The van der Waals surface area contributed by atoms with Crippen molar-refractivity contribution >= 4 is 12.6 Å². The van der Waals surface area contributed by atoms with Gasteiger partial charge in [0.2, 0.25) is 0 Å². The number of hydrogen-bond acceptors (Lipinski definition) is 2. The van der Waals surface area contributed by atoms with Crippen LogP contribution in [0.5, 0.6) is 0 Å². The molecule has 4 heteroatoms. The molecule has 1 nitrogen and oxygen atoms in total. The van der Waals surface area contributed by atoms with Gasteiger partial charge in [-0.1, -0.05) is 6.42 Å². The van der Waals surface area contributed by atoms with Crippen LogP contribution in [0.3, 0.4) is 0 Å². The van der Waals surface area contributed by atoms with E-state index in [0.29, 0.717) is 6.04 Å². The monoisotopic (exact) mass is 295 g/mol. The van der Waals surface area contributed by atoms with Crippen molar-refractivity contribution in [1.29, 1.82) is 0 Å². The van der Waals surface area contributed by atoms with Crippen LogP contribution in [0.2, 0.25) is 0 Å². The molecule has 2 aliphatic carbocycles. The molecule has 0 aliphatic heterocycles. The Hall–Kier alpha value is 1.43. The zero-order chi connectivity index (χ0) is 12.0. The van der Waals surface area contributed by atoms with E-state index in [-0.39, 0.29) is 35.9 Å². The van der Waals surface area contributed by atoms with Crippen LogP contribution in [-0.2, 0) is 29.7 Å². The molecule has 0 aromatic heterocycles. The van der Waals surface area contributed by atoms with E-state index in [1.54, 1.807) is 0 Å². The summed E-state index contributed by atoms with van der Waals surface area (Å²) in [5.41, 5.74) is 0. The van der Waals surface area contributed by atoms with Gasteiger partial charge < -0.3 is 17.5 Å². The second-order valence-electron chi connectivity index (χ2n) is 3.95. The van der Waals surface area contributed by atoms with Crippen molar-refractivity contribution in [2.24, 2.45) is 0 Å². The molecule has 18 heavy (non-hydrogen) atoms. The summed E-state index contributed by atoms with van der Waals surface area (Å²) in [7, 11) is 4.12. The third-order valence-corrected chi connectivity index (χ3v) is 2.96. The van der Waals surface area contributed by atoms with Crippen molar-refractivity contribution in [1.82, 2.24) is 4.90 Å². The number of rotatable bonds is 2. The molecule has 10 radical (unpaired) electrons. The van der Waals surface area contributed by atoms with Crippen LogP contribution in [0.25, 0.3) is 0 Å². The fourth-order valence-corrected chi connectivity index (χ4v) is 1.68. The third-order valence-electron chi connectivity index (χ3n) is 2.59. The van der Waals surface area contributed by atoms with Crippen LogP contribution in [-0.4, -0.2) is 25.0 Å². The Balaban J connectivity index is 0. The summed E-state index contributed by atoms with van der Waals surface area (Å²) in [6.45, 7) is 2.16. The maximum Gasteiger partial charge on any atom is 1.00 e. The van der Waals surface area contributed by atoms with Crippen molar-refractivity contribution in [2.75, 3.05) is 14.1 Å². The summed E-state index contributed by atoms with van der Waals surface area (Å²) in [4.78, 5) is 2.16. The Bertz CT molecular complexity index is 181. The van der Waals surface area contributed by atoms with Crippen LogP contribution < -0.4 is 18.9 Å². The topological polar surface area (TPSA) is 3.24 Å². The van der Waals surface area contributed by atoms with Crippen molar-refractivity contribution in [3.05, 3.63) is 62.5 Å². The Labute approximate surface area is 142 Å². The van der Waals surface area contributed by atoms with Gasteiger partial charge in [-0.15, -0.1) is 0 Å². The van der Waals surface area contributed by atoms with E-state index >= 15 is 0 Å². The first-order valence-corrected chi connectivity index (χ1v) is 5.79. The predicted octanol–water partition coefficient (Wildman–Crippen LogP) is -0.761. The molecule has 2 rings (SSSR count). The molecule has 0 unspecified atom stereocenters. The second kappa shape index (κ2) is 12.2. The van der Waals surface area contributed by atoms with Gasteiger partial charge in [-0.05, 0) is 71.9 Å². The minimum absolute atomic E-state index is 0. The Kier molecular flexibility index (Phi) is 14.7. The van der Waals surface area contributed by atoms with E-state index in [9.17, 15) is 0 Å². The fourth-order valence-electron chi connectivity index (χ4n) is 1.36. The van der Waals surface area contributed by atoms with Gasteiger partial charge in [0.15, 0.2) is 0 Å². The van der Waals surface area contributed by atoms with Crippen LogP contribution in [0, 0.1) is 62.5 Å². The van der Waals surface area contributed by atoms with E-state index in [1.165, 1.54) is 5.92 Å². The maximum absolute atomic E-state index is 5.15. The van der Waals surface area contributed by atoms with Gasteiger partial charge in [0, 0.05) is 23.1 Å². The molecule has 2 aliphatic rings. The smallest absolute Gasteiger partial charge is 0.786 e. The molecular formula is C14H18FeLiNS. The van der Waals surface area contributed by atoms with Gasteiger partial charge in [0.25, 0.3) is 0 Å². The molecule has 0 saturated heterocycles. The fraction of sp³-hybridized carbons (Fsp3) is 0.286. The molecule has 0 N–H and O–H groups in total. The normalized spacial score (nSPS) is 21.8. The Morgan fingerprint density at radius 1 is 0.944 bits per heavy atom. The average Bonchev–Trinajstić information content (AvgIpc) is 2.89. The SMILES string of the molecule is C[C@@H]([C]1[CH][CH][CH][C]1[S-])N(C)C.[CH]1[CH][CH][CH][CH]1.[Fe].[Li+]. The molecule has 0 heterocycles. The summed E-state index contributed by atoms with van der Waals surface area (Å²) in [5.74, 6) is 1.25. The summed E-state index contributed by atoms with van der Waals surface area (Å²) in [6.07, 6.45) is 16.1. The Morgan fingerprint density at radius 3 is 1.67 bits per heavy atom. The molecule has 0 bridgehead atoms. The molecule has 1 atom stereocenters. The summed E-state index contributed by atoms with van der Waals surface area (Å²) in [6, 6.07) is 0.428. The minimum Gasteiger partial charge on any atom is -0.786 e. The molecule has 94 valence electrons. The first-order valence-electron chi connectivity index (χ1n) is 5.38. The second-order valence-corrected chi connectivity index (χ2v) is 4.39. The van der Waals surface area contributed by atoms with Gasteiger partial charge >= 0.3 is 18.9 Å². The van der Waals surface area contributed by atoms with E-state index in [2.05, 4.69) is 32.3 Å². The van der Waals surface area contributed by atoms with Crippen molar-refractivity contribution in [3.63, 3.8) is 0 Å². The van der Waals surface area contributed by atoms with E-state index < -0.39 is 0 Å². The minimum atomic E-state index is 0. The van der Waals surface area contributed by atoms with Crippen molar-refractivity contribution in [2.45, 2.75) is 13.0 Å². The van der Waals surface area contributed by atoms with E-state index in [0.717, 1.165) is 5.25 Å². The van der Waals surface area contributed by atoms with E-state index in [4.69, 9.17) is 12.6 Å². The average molecular weight is 295 g/mol. The molecule has 0 amide bonds. The van der Waals surface area contributed by atoms with Gasteiger partial charge in [0.1, 0.15) is 0 Å². The number of nitrogens with zero attached hydrogens (tertiary/aromatic N) is 1. The van der Waals surface area contributed by atoms with Crippen LogP contribution in [0.15, 0.2) is 0 Å². The van der Waals surface area contributed by atoms with Crippen molar-refractivity contribution in [3.8, 4) is 0 Å². The van der Waals surface area contributed by atoms with Crippen LogP contribution >= 0.6 is 0 Å². The van der Waals surface area contributed by atoms with Gasteiger partial charge in [-0.2, -0.15) is 5.25 Å². The maximum atomic E-state index is 5.15. The Morgan fingerprint density at radius 2 is 1.39 bits per heavy atom. The van der Waals surface area contributed by atoms with E-state index in [1.807, 2.05) is 44.9 Å². The molecular weight excluding hydrogens is 277 g/mol. The van der Waals surface area contributed by atoms with Crippen molar-refractivity contribution < 1.29 is 35.9 Å². The standard InChI is InChI=1S/C9H13NS.C5H5.Fe.Li/c1-7(10(2)3)8-5-4-6-9(8)11;1-2-4-5-3-1;;/h4-7H,1-3H3;1-5H;;/q-1;;;+1/t7-;;;/m0.../s1. The molecule has 0 aromatic rings. The summed E-state index contributed by atoms with van der Waals surface area (Å²) in [5, 5.41) is 0.978. The van der Waals surface area contributed by atoms with Crippen LogP contribution in [0.4, 0.5) is 0 Å². The molecule has 0 aromatic carbocycles.